The Morgan fingerprint density at radius 1 is 1.20 bits per heavy atom. The maximum Gasteiger partial charge on any atom is 0.276 e. The maximum atomic E-state index is 12.7. The molecule has 4 rings (SSSR count). The molecule has 132 valence electrons. The second kappa shape index (κ2) is 6.86. The number of imidazole rings is 1. The minimum absolute atomic E-state index is 0.0545. The van der Waals surface area contributed by atoms with Crippen LogP contribution in [-0.2, 0) is 6.54 Å². The van der Waals surface area contributed by atoms with Crippen molar-refractivity contribution < 1.29 is 9.90 Å². The average Bonchev–Trinajstić information content (AvgIpc) is 3.06. The van der Waals surface area contributed by atoms with E-state index < -0.39 is 0 Å². The van der Waals surface area contributed by atoms with Crippen LogP contribution in [-0.4, -0.2) is 43.5 Å². The normalized spacial score (nSPS) is 21.1. The molecule has 1 saturated carbocycles. The van der Waals surface area contributed by atoms with Crippen LogP contribution >= 0.6 is 0 Å². The number of carbonyl (C=O) groups is 1. The van der Waals surface area contributed by atoms with Crippen LogP contribution in [0.4, 0.5) is 0 Å². The molecule has 6 nitrogen and oxygen atoms in total. The summed E-state index contributed by atoms with van der Waals surface area (Å²) in [6.07, 6.45) is 11.4. The summed E-state index contributed by atoms with van der Waals surface area (Å²) in [6, 6.07) is 3.13. The van der Waals surface area contributed by atoms with Crippen LogP contribution < -0.4 is 0 Å². The van der Waals surface area contributed by atoms with Crippen LogP contribution in [0.25, 0.3) is 0 Å². The van der Waals surface area contributed by atoms with Crippen molar-refractivity contribution in [3.05, 3.63) is 42.2 Å². The highest BCUT2D eigenvalue weighted by Gasteiger charge is 2.30. The van der Waals surface area contributed by atoms with Crippen molar-refractivity contribution in [1.82, 2.24) is 19.4 Å². The van der Waals surface area contributed by atoms with Gasteiger partial charge < -0.3 is 14.6 Å². The molecule has 2 fully saturated rings. The largest absolute Gasteiger partial charge is 0.505 e. The number of rotatable bonds is 4. The summed E-state index contributed by atoms with van der Waals surface area (Å²) in [5.41, 5.74) is 0.140. The Bertz CT molecular complexity index is 753. The number of aromatic nitrogens is 3. The monoisotopic (exact) mass is 340 g/mol. The Morgan fingerprint density at radius 3 is 2.84 bits per heavy atom. The predicted molar refractivity (Wildman–Crippen MR) is 93.3 cm³/mol. The van der Waals surface area contributed by atoms with Crippen molar-refractivity contribution in [2.24, 2.45) is 5.92 Å². The van der Waals surface area contributed by atoms with Crippen LogP contribution in [0.3, 0.4) is 0 Å². The van der Waals surface area contributed by atoms with E-state index in [0.717, 1.165) is 31.1 Å². The van der Waals surface area contributed by atoms with Gasteiger partial charge in [0.25, 0.3) is 5.91 Å². The summed E-state index contributed by atoms with van der Waals surface area (Å²) in [6.45, 7) is 2.38. The Labute approximate surface area is 147 Å². The minimum atomic E-state index is -0.195. The molecule has 1 amide bonds. The summed E-state index contributed by atoms with van der Waals surface area (Å²) in [5, 5.41) is 9.91. The third kappa shape index (κ3) is 3.25. The first kappa shape index (κ1) is 16.1. The fourth-order valence-electron chi connectivity index (χ4n) is 3.87. The summed E-state index contributed by atoms with van der Waals surface area (Å²) in [4.78, 5) is 23.2. The number of aromatic hydroxyl groups is 1. The molecule has 0 spiro atoms. The summed E-state index contributed by atoms with van der Waals surface area (Å²) in [5.74, 6) is 1.87. The molecule has 3 heterocycles. The molecule has 1 aliphatic carbocycles. The van der Waals surface area contributed by atoms with Crippen molar-refractivity contribution in [2.75, 3.05) is 13.1 Å². The lowest BCUT2D eigenvalue weighted by atomic mass is 9.85. The van der Waals surface area contributed by atoms with Gasteiger partial charge in [-0.25, -0.2) is 9.97 Å². The number of amides is 1. The summed E-state index contributed by atoms with van der Waals surface area (Å²) in [7, 11) is 0. The Balaban J connectivity index is 1.49. The van der Waals surface area contributed by atoms with E-state index in [9.17, 15) is 9.90 Å². The number of pyridine rings is 1. The quantitative estimate of drug-likeness (QED) is 0.929. The fraction of sp³-hybridized carbons (Fsp3) is 0.526. The SMILES string of the molecule is O=C(c1ncccc1O)N1CCCC(c2nccn2CC2CCC2)C1. The first-order valence-electron chi connectivity index (χ1n) is 9.16. The zero-order chi connectivity index (χ0) is 17.2. The van der Waals surface area contributed by atoms with Gasteiger partial charge in [-0.05, 0) is 43.7 Å². The Morgan fingerprint density at radius 2 is 2.08 bits per heavy atom. The van der Waals surface area contributed by atoms with Gasteiger partial charge in [0, 0.05) is 44.1 Å². The topological polar surface area (TPSA) is 71.2 Å². The van der Waals surface area contributed by atoms with E-state index in [-0.39, 0.29) is 23.3 Å². The van der Waals surface area contributed by atoms with E-state index in [2.05, 4.69) is 20.7 Å². The predicted octanol–water partition coefficient (Wildman–Crippen LogP) is 2.80. The molecule has 0 radical (unpaired) electrons. The molecule has 1 unspecified atom stereocenters. The lowest BCUT2D eigenvalue weighted by molar-refractivity contribution is 0.0693. The van der Waals surface area contributed by atoms with E-state index in [4.69, 9.17) is 0 Å². The molecular weight excluding hydrogens is 316 g/mol. The number of nitrogens with zero attached hydrogens (tertiary/aromatic N) is 4. The van der Waals surface area contributed by atoms with Gasteiger partial charge in [-0.15, -0.1) is 0 Å². The minimum Gasteiger partial charge on any atom is -0.505 e. The molecule has 1 aliphatic heterocycles. The van der Waals surface area contributed by atoms with E-state index in [1.807, 2.05) is 6.20 Å². The number of carbonyl (C=O) groups excluding carboxylic acids is 1. The van der Waals surface area contributed by atoms with Gasteiger partial charge >= 0.3 is 0 Å². The second-order valence-electron chi connectivity index (χ2n) is 7.20. The Hall–Kier alpha value is -2.37. The van der Waals surface area contributed by atoms with Crippen molar-refractivity contribution in [2.45, 2.75) is 44.6 Å². The van der Waals surface area contributed by atoms with E-state index in [1.54, 1.807) is 17.2 Å². The van der Waals surface area contributed by atoms with Crippen LogP contribution in [0.15, 0.2) is 30.7 Å². The van der Waals surface area contributed by atoms with Gasteiger partial charge in [0.05, 0.1) is 0 Å². The zero-order valence-corrected chi connectivity index (χ0v) is 14.3. The molecule has 0 bridgehead atoms. The molecule has 0 aromatic carbocycles. The van der Waals surface area contributed by atoms with Crippen LogP contribution in [0.1, 0.15) is 54.3 Å². The summed E-state index contributed by atoms with van der Waals surface area (Å²) >= 11 is 0. The van der Waals surface area contributed by atoms with Crippen molar-refractivity contribution in [3.63, 3.8) is 0 Å². The molecular formula is C19H24N4O2. The van der Waals surface area contributed by atoms with E-state index in [1.165, 1.54) is 25.3 Å². The smallest absolute Gasteiger partial charge is 0.276 e. The summed E-state index contributed by atoms with van der Waals surface area (Å²) < 4.78 is 2.28. The molecule has 25 heavy (non-hydrogen) atoms. The van der Waals surface area contributed by atoms with Crippen LogP contribution in [0.5, 0.6) is 5.75 Å². The number of likely N-dealkylation sites (tertiary alicyclic amines) is 1. The van der Waals surface area contributed by atoms with Gasteiger partial charge in [-0.1, -0.05) is 6.42 Å². The van der Waals surface area contributed by atoms with Gasteiger partial charge in [-0.2, -0.15) is 0 Å². The van der Waals surface area contributed by atoms with Crippen molar-refractivity contribution >= 4 is 5.91 Å². The van der Waals surface area contributed by atoms with E-state index >= 15 is 0 Å². The molecule has 2 aliphatic rings. The maximum absolute atomic E-state index is 12.7. The number of hydrogen-bond donors (Lipinski definition) is 1. The van der Waals surface area contributed by atoms with Crippen LogP contribution in [0.2, 0.25) is 0 Å². The third-order valence-electron chi connectivity index (χ3n) is 5.49. The molecule has 6 heteroatoms. The fourth-order valence-corrected chi connectivity index (χ4v) is 3.87. The van der Waals surface area contributed by atoms with E-state index in [0.29, 0.717) is 13.1 Å². The number of hydrogen-bond acceptors (Lipinski definition) is 4. The van der Waals surface area contributed by atoms with Crippen LogP contribution in [0, 0.1) is 5.92 Å². The second-order valence-corrected chi connectivity index (χ2v) is 7.20. The lowest BCUT2D eigenvalue weighted by Crippen LogP contribution is -2.40. The Kier molecular flexibility index (Phi) is 4.42. The zero-order valence-electron chi connectivity index (χ0n) is 14.3. The standard InChI is InChI=1S/C19H24N4O2/c24-16-7-2-8-20-17(16)19(25)23-10-3-6-15(13-23)18-21-9-11-22(18)12-14-4-1-5-14/h2,7-9,11,14-15,24H,1,3-6,10,12-13H2. The molecule has 2 aromatic heterocycles. The lowest BCUT2D eigenvalue weighted by Gasteiger charge is -2.33. The highest BCUT2D eigenvalue weighted by Crippen LogP contribution is 2.31. The van der Waals surface area contributed by atoms with Gasteiger partial charge in [0.1, 0.15) is 11.6 Å². The van der Waals surface area contributed by atoms with Crippen molar-refractivity contribution in [3.8, 4) is 5.75 Å². The first-order chi connectivity index (χ1) is 12.2. The highest BCUT2D eigenvalue weighted by atomic mass is 16.3. The number of piperidine rings is 1. The molecule has 1 saturated heterocycles. The molecule has 2 aromatic rings. The highest BCUT2D eigenvalue weighted by molar-refractivity contribution is 5.94. The average molecular weight is 340 g/mol. The third-order valence-corrected chi connectivity index (χ3v) is 5.49. The van der Waals surface area contributed by atoms with Crippen molar-refractivity contribution in [1.29, 1.82) is 0 Å². The first-order valence-corrected chi connectivity index (χ1v) is 9.16. The van der Waals surface area contributed by atoms with Gasteiger partial charge in [0.15, 0.2) is 5.69 Å². The van der Waals surface area contributed by atoms with Gasteiger partial charge in [-0.3, -0.25) is 4.79 Å². The molecule has 1 N–H and O–H groups in total. The van der Waals surface area contributed by atoms with Gasteiger partial charge in [0.2, 0.25) is 0 Å². The molecule has 1 atom stereocenters.